The Hall–Kier alpha value is -2.11. The standard InChI is InChI=1S/C25H27F2NSi.C5H8.Ti/c1-25(2,3)28-29(4,5)21-15-14-20-16-10-6-7-11-17(16)23(24(26)27)19-13-9-8-12-18(19)22(20)21;1-3-5-4-2;/h6-15,21,28H,1-5H3;3-5H,1H2,2H3;. The molecule has 1 unspecified atom stereocenters. The molecule has 5 heteroatoms. The van der Waals surface area contributed by atoms with E-state index >= 15 is 0 Å². The number of nitrogens with one attached hydrogen (secondary N) is 1. The molecule has 2 aromatic rings. The molecule has 0 saturated carbocycles. The number of benzene rings is 2. The molecule has 0 bridgehead atoms. The first-order chi connectivity index (χ1) is 16.0. The molecule has 2 aliphatic rings. The zero-order valence-electron chi connectivity index (χ0n) is 21.5. The molecular formula is C30H35F2NSiTi. The van der Waals surface area contributed by atoms with Gasteiger partial charge < -0.3 is 4.98 Å². The second kappa shape index (κ2) is 11.8. The Labute approximate surface area is 225 Å². The van der Waals surface area contributed by atoms with Crippen molar-refractivity contribution in [3.8, 4) is 0 Å². The molecule has 2 aliphatic carbocycles. The minimum atomic E-state index is -1.97. The Morgan fingerprint density at radius 3 is 1.91 bits per heavy atom. The van der Waals surface area contributed by atoms with Crippen molar-refractivity contribution in [2.45, 2.75) is 51.9 Å². The molecule has 4 rings (SSSR count). The third-order valence-corrected chi connectivity index (χ3v) is 9.45. The molecule has 0 amide bonds. The van der Waals surface area contributed by atoms with Crippen molar-refractivity contribution >= 4 is 25.0 Å². The summed E-state index contributed by atoms with van der Waals surface area (Å²) in [5.74, 6) is 0. The maximum Gasteiger partial charge on any atom is 0.278 e. The van der Waals surface area contributed by atoms with Gasteiger partial charge in [0.1, 0.15) is 8.24 Å². The van der Waals surface area contributed by atoms with Crippen LogP contribution < -0.4 is 4.98 Å². The molecule has 182 valence electrons. The van der Waals surface area contributed by atoms with Crippen molar-refractivity contribution in [1.29, 1.82) is 0 Å². The van der Waals surface area contributed by atoms with E-state index in [1.54, 1.807) is 6.08 Å². The van der Waals surface area contributed by atoms with E-state index in [2.05, 4.69) is 57.6 Å². The van der Waals surface area contributed by atoms with Crippen LogP contribution in [0.15, 0.2) is 91.6 Å². The predicted octanol–water partition coefficient (Wildman–Crippen LogP) is 8.85. The normalized spacial score (nSPS) is 16.5. The Bertz CT molecular complexity index is 1190. The first kappa shape index (κ1) is 29.1. The second-order valence-electron chi connectivity index (χ2n) is 10.2. The topological polar surface area (TPSA) is 12.0 Å². The maximum atomic E-state index is 14.2. The zero-order chi connectivity index (χ0) is 25.1. The van der Waals surface area contributed by atoms with Gasteiger partial charge in [-0.3, -0.25) is 0 Å². The number of rotatable bonds is 3. The molecule has 1 nitrogen and oxygen atoms in total. The van der Waals surface area contributed by atoms with E-state index < -0.39 is 14.3 Å². The van der Waals surface area contributed by atoms with Gasteiger partial charge in [-0.1, -0.05) is 98.6 Å². The fourth-order valence-corrected chi connectivity index (χ4v) is 8.79. The van der Waals surface area contributed by atoms with Gasteiger partial charge in [0.05, 0.1) is 5.57 Å². The smallest absolute Gasteiger partial charge is 0.278 e. The number of allylic oxidation sites excluding steroid dienone is 7. The third kappa shape index (κ3) is 6.37. The molecule has 0 radical (unpaired) electrons. The SMILES string of the molecule is C=CC=CC.CC(C)(C)N[Si](C)(C)C1C=CC2=C1c1ccccc1C(=C(F)F)c1ccccc12.[Ti]. The average molecular weight is 524 g/mol. The maximum absolute atomic E-state index is 14.2. The van der Waals surface area contributed by atoms with Crippen LogP contribution in [0.2, 0.25) is 18.6 Å². The van der Waals surface area contributed by atoms with Crippen LogP contribution in [-0.2, 0) is 21.7 Å². The summed E-state index contributed by atoms with van der Waals surface area (Å²) >= 11 is 0. The van der Waals surface area contributed by atoms with Crippen LogP contribution in [-0.4, -0.2) is 13.8 Å². The van der Waals surface area contributed by atoms with E-state index in [1.807, 2.05) is 67.6 Å². The number of hydrogen-bond donors (Lipinski definition) is 1. The average Bonchev–Trinajstić information content (AvgIpc) is 3.15. The van der Waals surface area contributed by atoms with Gasteiger partial charge in [-0.2, -0.15) is 8.78 Å². The van der Waals surface area contributed by atoms with Crippen LogP contribution in [0.25, 0.3) is 16.7 Å². The molecule has 1 atom stereocenters. The Balaban J connectivity index is 0.000000656. The van der Waals surface area contributed by atoms with E-state index in [9.17, 15) is 8.78 Å². The number of halogens is 2. The van der Waals surface area contributed by atoms with E-state index in [1.165, 1.54) is 5.57 Å². The summed E-state index contributed by atoms with van der Waals surface area (Å²) in [7, 11) is -1.97. The van der Waals surface area contributed by atoms with Crippen LogP contribution in [0.1, 0.15) is 49.9 Å². The van der Waals surface area contributed by atoms with Crippen LogP contribution >= 0.6 is 0 Å². The van der Waals surface area contributed by atoms with Gasteiger partial charge in [0.2, 0.25) is 0 Å². The van der Waals surface area contributed by atoms with Gasteiger partial charge in [0.25, 0.3) is 6.08 Å². The fraction of sp³-hybridized carbons (Fsp3) is 0.267. The van der Waals surface area contributed by atoms with Crippen LogP contribution in [0, 0.1) is 0 Å². The molecule has 0 heterocycles. The minimum Gasteiger partial charge on any atom is -0.332 e. The molecule has 0 aromatic heterocycles. The predicted molar refractivity (Wildman–Crippen MR) is 146 cm³/mol. The van der Waals surface area contributed by atoms with Crippen molar-refractivity contribution in [3.05, 3.63) is 114 Å². The van der Waals surface area contributed by atoms with E-state index in [4.69, 9.17) is 0 Å². The van der Waals surface area contributed by atoms with Crippen molar-refractivity contribution in [3.63, 3.8) is 0 Å². The summed E-state index contributed by atoms with van der Waals surface area (Å²) in [4.78, 5) is 3.87. The number of hydrogen-bond acceptors (Lipinski definition) is 1. The summed E-state index contributed by atoms with van der Waals surface area (Å²) < 4.78 is 28.5. The molecule has 0 saturated heterocycles. The molecule has 1 N–H and O–H groups in total. The van der Waals surface area contributed by atoms with Crippen LogP contribution in [0.5, 0.6) is 0 Å². The summed E-state index contributed by atoms with van der Waals surface area (Å²) in [5, 5.41) is 0. The Kier molecular flexibility index (Phi) is 9.78. The van der Waals surface area contributed by atoms with Gasteiger partial charge in [-0.15, -0.1) is 0 Å². The first-order valence-electron chi connectivity index (χ1n) is 11.7. The Morgan fingerprint density at radius 1 is 0.943 bits per heavy atom. The van der Waals surface area contributed by atoms with Gasteiger partial charge in [-0.25, -0.2) is 0 Å². The number of fused-ring (bicyclic) bond motifs is 4. The Morgan fingerprint density at radius 2 is 1.46 bits per heavy atom. The van der Waals surface area contributed by atoms with Crippen molar-refractivity contribution in [1.82, 2.24) is 4.98 Å². The molecule has 35 heavy (non-hydrogen) atoms. The van der Waals surface area contributed by atoms with Crippen molar-refractivity contribution in [2.24, 2.45) is 0 Å². The zero-order valence-corrected chi connectivity index (χ0v) is 24.1. The third-order valence-electron chi connectivity index (χ3n) is 6.02. The molecular weight excluding hydrogens is 488 g/mol. The van der Waals surface area contributed by atoms with Crippen LogP contribution in [0.4, 0.5) is 8.78 Å². The van der Waals surface area contributed by atoms with E-state index in [-0.39, 0.29) is 38.4 Å². The first-order valence-corrected chi connectivity index (χ1v) is 14.8. The molecule has 0 fully saturated rings. The van der Waals surface area contributed by atoms with Gasteiger partial charge >= 0.3 is 0 Å². The minimum absolute atomic E-state index is 0. The van der Waals surface area contributed by atoms with Gasteiger partial charge in [0, 0.05) is 32.8 Å². The molecule has 2 aromatic carbocycles. The molecule has 0 aliphatic heterocycles. The van der Waals surface area contributed by atoms with Gasteiger partial charge in [0.15, 0.2) is 0 Å². The van der Waals surface area contributed by atoms with E-state index in [0.717, 1.165) is 16.7 Å². The summed E-state index contributed by atoms with van der Waals surface area (Å²) in [6.07, 6.45) is 8.38. The second-order valence-corrected chi connectivity index (χ2v) is 14.6. The summed E-state index contributed by atoms with van der Waals surface area (Å²) in [6, 6.07) is 15.2. The van der Waals surface area contributed by atoms with Crippen molar-refractivity contribution < 1.29 is 30.5 Å². The van der Waals surface area contributed by atoms with Crippen molar-refractivity contribution in [2.75, 3.05) is 0 Å². The quantitative estimate of drug-likeness (QED) is 0.313. The monoisotopic (exact) mass is 523 g/mol. The van der Waals surface area contributed by atoms with Crippen LogP contribution in [0.3, 0.4) is 0 Å². The summed E-state index contributed by atoms with van der Waals surface area (Å²) in [5.41, 5.74) is 5.55. The molecule has 0 spiro atoms. The van der Waals surface area contributed by atoms with E-state index in [0.29, 0.717) is 11.1 Å². The largest absolute Gasteiger partial charge is 0.332 e. The van der Waals surface area contributed by atoms with Gasteiger partial charge in [-0.05, 0) is 61.1 Å². The summed E-state index contributed by atoms with van der Waals surface area (Å²) in [6.45, 7) is 16.6. The fourth-order valence-electron chi connectivity index (χ4n) is 5.10.